The average molecular weight is 509 g/mol. The Kier molecular flexibility index (Phi) is 7.67. The number of aryl methyl sites for hydroxylation is 1. The third-order valence-corrected chi connectivity index (χ3v) is 6.68. The van der Waals surface area contributed by atoms with Gasteiger partial charge in [-0.1, -0.05) is 89.7 Å². The first-order chi connectivity index (χ1) is 16.4. The molecule has 0 atom stereocenters. The van der Waals surface area contributed by atoms with Crippen molar-refractivity contribution in [3.05, 3.63) is 99.4 Å². The molecular formula is C26H21ClN2O3S2. The number of anilines is 1. The predicted molar refractivity (Wildman–Crippen MR) is 142 cm³/mol. The van der Waals surface area contributed by atoms with Crippen molar-refractivity contribution < 1.29 is 14.3 Å². The highest BCUT2D eigenvalue weighted by Gasteiger charge is 2.32. The second kappa shape index (κ2) is 10.9. The van der Waals surface area contributed by atoms with Gasteiger partial charge in [-0.3, -0.25) is 14.5 Å². The normalized spacial score (nSPS) is 14.5. The fourth-order valence-electron chi connectivity index (χ4n) is 3.25. The van der Waals surface area contributed by atoms with Gasteiger partial charge in [0, 0.05) is 5.69 Å². The minimum absolute atomic E-state index is 0.136. The second-order valence-corrected chi connectivity index (χ2v) is 9.73. The Morgan fingerprint density at radius 3 is 2.56 bits per heavy atom. The molecule has 0 aromatic heterocycles. The number of benzene rings is 3. The number of carbonyl (C=O) groups excluding carboxylic acids is 2. The molecular weight excluding hydrogens is 488 g/mol. The number of carbonyl (C=O) groups is 2. The molecule has 1 N–H and O–H groups in total. The summed E-state index contributed by atoms with van der Waals surface area (Å²) in [6.07, 6.45) is 1.75. The number of ether oxygens (including phenoxy) is 1. The maximum absolute atomic E-state index is 12.9. The van der Waals surface area contributed by atoms with E-state index < -0.39 is 0 Å². The van der Waals surface area contributed by atoms with Gasteiger partial charge in [-0.25, -0.2) is 0 Å². The molecule has 0 saturated carbocycles. The van der Waals surface area contributed by atoms with Crippen LogP contribution in [-0.4, -0.2) is 27.6 Å². The first-order valence-corrected chi connectivity index (χ1v) is 12.1. The molecule has 2 amide bonds. The van der Waals surface area contributed by atoms with Crippen LogP contribution in [-0.2, 0) is 16.1 Å². The molecule has 0 radical (unpaired) electrons. The summed E-state index contributed by atoms with van der Waals surface area (Å²) < 4.78 is 6.09. The Hall–Kier alpha value is -3.13. The summed E-state index contributed by atoms with van der Waals surface area (Å²) in [7, 11) is 0. The van der Waals surface area contributed by atoms with Gasteiger partial charge in [0.25, 0.3) is 11.8 Å². The Morgan fingerprint density at radius 2 is 1.85 bits per heavy atom. The van der Waals surface area contributed by atoms with Gasteiger partial charge in [-0.2, -0.15) is 0 Å². The van der Waals surface area contributed by atoms with Gasteiger partial charge in [-0.15, -0.1) is 0 Å². The molecule has 5 nitrogen and oxygen atoms in total. The van der Waals surface area contributed by atoms with Crippen LogP contribution in [0.1, 0.15) is 16.7 Å². The molecule has 1 fully saturated rings. The van der Waals surface area contributed by atoms with Crippen LogP contribution < -0.4 is 10.1 Å². The number of hydrogen-bond donors (Lipinski definition) is 1. The standard InChI is InChI=1S/C26H21ClN2O3S2/c1-17-7-10-20(11-8-17)28-24(30)16-32-22-12-9-19(13-21(22)27)14-23-25(31)29(26(33)34-23)15-18-5-3-2-4-6-18/h2-14H,15-16H2,1H3,(H,28,30)/b23-14-. The largest absolute Gasteiger partial charge is 0.482 e. The summed E-state index contributed by atoms with van der Waals surface area (Å²) >= 11 is 13.0. The minimum Gasteiger partial charge on any atom is -0.482 e. The summed E-state index contributed by atoms with van der Waals surface area (Å²) in [6.45, 7) is 2.23. The Bertz CT molecular complexity index is 1260. The number of halogens is 1. The van der Waals surface area contributed by atoms with E-state index in [2.05, 4.69) is 5.32 Å². The summed E-state index contributed by atoms with van der Waals surface area (Å²) in [5.41, 5.74) is 3.56. The molecule has 172 valence electrons. The van der Waals surface area contributed by atoms with Gasteiger partial charge in [0.05, 0.1) is 16.5 Å². The molecule has 4 rings (SSSR count). The Balaban J connectivity index is 1.37. The van der Waals surface area contributed by atoms with E-state index >= 15 is 0 Å². The molecule has 0 unspecified atom stereocenters. The lowest BCUT2D eigenvalue weighted by Crippen LogP contribution is -2.27. The molecule has 0 spiro atoms. The lowest BCUT2D eigenvalue weighted by atomic mass is 10.2. The predicted octanol–water partition coefficient (Wildman–Crippen LogP) is 6.07. The number of rotatable bonds is 7. The van der Waals surface area contributed by atoms with E-state index in [4.69, 9.17) is 28.6 Å². The first-order valence-electron chi connectivity index (χ1n) is 10.5. The molecule has 1 aliphatic heterocycles. The molecule has 3 aromatic carbocycles. The molecule has 0 aliphatic carbocycles. The van der Waals surface area contributed by atoms with Crippen molar-refractivity contribution >= 4 is 63.5 Å². The monoisotopic (exact) mass is 508 g/mol. The summed E-state index contributed by atoms with van der Waals surface area (Å²) in [5.74, 6) is -0.0383. The van der Waals surface area contributed by atoms with Crippen LogP contribution in [0, 0.1) is 6.92 Å². The van der Waals surface area contributed by atoms with E-state index in [0.29, 0.717) is 32.2 Å². The summed E-state index contributed by atoms with van der Waals surface area (Å²) in [6, 6.07) is 22.4. The lowest BCUT2D eigenvalue weighted by Gasteiger charge is -2.14. The third-order valence-electron chi connectivity index (χ3n) is 5.00. The van der Waals surface area contributed by atoms with Gasteiger partial charge in [0.2, 0.25) is 0 Å². The van der Waals surface area contributed by atoms with E-state index in [-0.39, 0.29) is 18.4 Å². The molecule has 1 saturated heterocycles. The minimum atomic E-state index is -0.286. The Morgan fingerprint density at radius 1 is 1.12 bits per heavy atom. The first kappa shape index (κ1) is 24.0. The number of amides is 2. The zero-order chi connectivity index (χ0) is 24.1. The fourth-order valence-corrected chi connectivity index (χ4v) is 4.75. The number of nitrogens with one attached hydrogen (secondary N) is 1. The van der Waals surface area contributed by atoms with Gasteiger partial charge in [-0.05, 0) is 48.4 Å². The van der Waals surface area contributed by atoms with Gasteiger partial charge in [0.15, 0.2) is 6.61 Å². The SMILES string of the molecule is Cc1ccc(NC(=O)COc2ccc(/C=C3\SC(=S)N(Cc4ccccc4)C3=O)cc2Cl)cc1. The van der Waals surface area contributed by atoms with Crippen LogP contribution in [0.5, 0.6) is 5.75 Å². The maximum atomic E-state index is 12.9. The number of nitrogens with zero attached hydrogens (tertiary/aromatic N) is 1. The highest BCUT2D eigenvalue weighted by Crippen LogP contribution is 2.35. The fraction of sp³-hybridized carbons (Fsp3) is 0.115. The highest BCUT2D eigenvalue weighted by molar-refractivity contribution is 8.26. The quantitative estimate of drug-likeness (QED) is 0.310. The second-order valence-electron chi connectivity index (χ2n) is 7.65. The number of hydrogen-bond acceptors (Lipinski definition) is 5. The van der Waals surface area contributed by atoms with Crippen molar-refractivity contribution in [2.45, 2.75) is 13.5 Å². The molecule has 34 heavy (non-hydrogen) atoms. The number of thiocarbonyl (C=S) groups is 1. The molecule has 3 aromatic rings. The summed E-state index contributed by atoms with van der Waals surface area (Å²) in [4.78, 5) is 27.2. The molecule has 1 aliphatic rings. The summed E-state index contributed by atoms with van der Waals surface area (Å²) in [5, 5.41) is 3.12. The zero-order valence-corrected chi connectivity index (χ0v) is 20.7. The molecule has 8 heteroatoms. The van der Waals surface area contributed by atoms with Crippen LogP contribution in [0.4, 0.5) is 5.69 Å². The highest BCUT2D eigenvalue weighted by atomic mass is 35.5. The van der Waals surface area contributed by atoms with Crippen molar-refractivity contribution in [3.63, 3.8) is 0 Å². The van der Waals surface area contributed by atoms with Crippen LogP contribution >= 0.6 is 35.6 Å². The molecule has 1 heterocycles. The van der Waals surface area contributed by atoms with Crippen LogP contribution in [0.15, 0.2) is 77.7 Å². The van der Waals surface area contributed by atoms with Gasteiger partial charge in [0.1, 0.15) is 10.1 Å². The third kappa shape index (κ3) is 6.05. The van der Waals surface area contributed by atoms with Crippen molar-refractivity contribution in [1.29, 1.82) is 0 Å². The smallest absolute Gasteiger partial charge is 0.266 e. The van der Waals surface area contributed by atoms with Crippen molar-refractivity contribution in [1.82, 2.24) is 4.90 Å². The Labute approximate surface area is 212 Å². The van der Waals surface area contributed by atoms with E-state index in [0.717, 1.165) is 16.7 Å². The maximum Gasteiger partial charge on any atom is 0.266 e. The van der Waals surface area contributed by atoms with E-state index in [1.54, 1.807) is 29.2 Å². The van der Waals surface area contributed by atoms with Crippen LogP contribution in [0.25, 0.3) is 6.08 Å². The van der Waals surface area contributed by atoms with Gasteiger partial charge < -0.3 is 10.1 Å². The van der Waals surface area contributed by atoms with Crippen molar-refractivity contribution in [2.24, 2.45) is 0 Å². The van der Waals surface area contributed by atoms with Crippen LogP contribution in [0.2, 0.25) is 5.02 Å². The van der Waals surface area contributed by atoms with E-state index in [1.165, 1.54) is 11.8 Å². The van der Waals surface area contributed by atoms with E-state index in [1.807, 2.05) is 61.5 Å². The number of thioether (sulfide) groups is 1. The van der Waals surface area contributed by atoms with Crippen molar-refractivity contribution in [2.75, 3.05) is 11.9 Å². The lowest BCUT2D eigenvalue weighted by molar-refractivity contribution is -0.122. The average Bonchev–Trinajstić information content (AvgIpc) is 3.08. The molecule has 0 bridgehead atoms. The topological polar surface area (TPSA) is 58.6 Å². The van der Waals surface area contributed by atoms with Gasteiger partial charge >= 0.3 is 0 Å². The van der Waals surface area contributed by atoms with Crippen LogP contribution in [0.3, 0.4) is 0 Å². The van der Waals surface area contributed by atoms with Crippen molar-refractivity contribution in [3.8, 4) is 5.75 Å². The zero-order valence-electron chi connectivity index (χ0n) is 18.3. The van der Waals surface area contributed by atoms with E-state index in [9.17, 15) is 9.59 Å².